The lowest BCUT2D eigenvalue weighted by atomic mass is 10.1. The van der Waals surface area contributed by atoms with Crippen LogP contribution in [0.15, 0.2) is 41.3 Å². The van der Waals surface area contributed by atoms with Crippen molar-refractivity contribution in [3.63, 3.8) is 0 Å². The van der Waals surface area contributed by atoms with Crippen molar-refractivity contribution < 1.29 is 8.42 Å². The smallest absolute Gasteiger partial charge is 0.240 e. The molecule has 4 N–H and O–H groups in total. The number of hydrogen-bond donors (Lipinski definition) is 3. The van der Waals surface area contributed by atoms with Gasteiger partial charge in [0.15, 0.2) is 0 Å². The van der Waals surface area contributed by atoms with E-state index in [0.717, 1.165) is 16.8 Å². The van der Waals surface area contributed by atoms with Gasteiger partial charge in [-0.05, 0) is 56.3 Å². The lowest BCUT2D eigenvalue weighted by Gasteiger charge is -2.14. The highest BCUT2D eigenvalue weighted by Crippen LogP contribution is 2.28. The van der Waals surface area contributed by atoms with Crippen LogP contribution in [0.4, 0.5) is 17.1 Å². The summed E-state index contributed by atoms with van der Waals surface area (Å²) in [4.78, 5) is 0.173. The highest BCUT2D eigenvalue weighted by molar-refractivity contribution is 7.89. The largest absolute Gasteiger partial charge is 0.397 e. The highest BCUT2D eigenvalue weighted by Gasteiger charge is 2.13. The molecule has 2 aromatic rings. The van der Waals surface area contributed by atoms with Gasteiger partial charge in [-0.2, -0.15) is 0 Å². The summed E-state index contributed by atoms with van der Waals surface area (Å²) in [5, 5.41) is 3.20. The molecule has 2 rings (SSSR count). The van der Waals surface area contributed by atoms with E-state index in [1.165, 1.54) is 19.2 Å². The zero-order chi connectivity index (χ0) is 15.6. The number of nitrogens with one attached hydrogen (secondary N) is 2. The van der Waals surface area contributed by atoms with Crippen LogP contribution in [-0.2, 0) is 10.0 Å². The summed E-state index contributed by atoms with van der Waals surface area (Å²) in [5.41, 5.74) is 10.1. The van der Waals surface area contributed by atoms with Gasteiger partial charge in [0.05, 0.1) is 16.3 Å². The second-order valence-electron chi connectivity index (χ2n) is 4.90. The Bertz CT molecular complexity index is 770. The Morgan fingerprint density at radius 1 is 1.00 bits per heavy atom. The van der Waals surface area contributed by atoms with Crippen molar-refractivity contribution in [2.24, 2.45) is 0 Å². The van der Waals surface area contributed by atoms with Crippen molar-refractivity contribution in [1.82, 2.24) is 4.72 Å². The summed E-state index contributed by atoms with van der Waals surface area (Å²) in [6, 6.07) is 10.6. The molecule has 6 heteroatoms. The molecular formula is C15H19N3O2S. The zero-order valence-electron chi connectivity index (χ0n) is 12.3. The molecule has 0 fully saturated rings. The average Bonchev–Trinajstić information content (AvgIpc) is 2.45. The number of nitrogens with two attached hydrogens (primary N) is 1. The van der Waals surface area contributed by atoms with Gasteiger partial charge in [-0.1, -0.05) is 12.1 Å². The molecule has 0 aromatic heterocycles. The Kier molecular flexibility index (Phi) is 4.20. The fraction of sp³-hybridized carbons (Fsp3) is 0.200. The van der Waals surface area contributed by atoms with Gasteiger partial charge in [-0.3, -0.25) is 0 Å². The second-order valence-corrected chi connectivity index (χ2v) is 6.79. The highest BCUT2D eigenvalue weighted by atomic mass is 32.2. The summed E-state index contributed by atoms with van der Waals surface area (Å²) < 4.78 is 26.0. The van der Waals surface area contributed by atoms with Crippen molar-refractivity contribution in [1.29, 1.82) is 0 Å². The maximum Gasteiger partial charge on any atom is 0.240 e. The maximum absolute atomic E-state index is 11.9. The van der Waals surface area contributed by atoms with Gasteiger partial charge in [-0.25, -0.2) is 13.1 Å². The lowest BCUT2D eigenvalue weighted by molar-refractivity contribution is 0.588. The van der Waals surface area contributed by atoms with Gasteiger partial charge in [0, 0.05) is 5.69 Å². The molecule has 5 nitrogen and oxygen atoms in total. The van der Waals surface area contributed by atoms with Gasteiger partial charge < -0.3 is 11.1 Å². The first-order valence-corrected chi connectivity index (χ1v) is 7.99. The Morgan fingerprint density at radius 2 is 1.71 bits per heavy atom. The number of aryl methyl sites for hydroxylation is 2. The first kappa shape index (κ1) is 15.3. The van der Waals surface area contributed by atoms with Crippen LogP contribution in [0.2, 0.25) is 0 Å². The van der Waals surface area contributed by atoms with Crippen LogP contribution >= 0.6 is 0 Å². The van der Waals surface area contributed by atoms with E-state index in [1.807, 2.05) is 32.0 Å². The minimum Gasteiger partial charge on any atom is -0.397 e. The fourth-order valence-corrected chi connectivity index (χ4v) is 2.70. The molecule has 0 aliphatic heterocycles. The average molecular weight is 305 g/mol. The minimum atomic E-state index is -3.49. The molecule has 0 saturated heterocycles. The molecular weight excluding hydrogens is 286 g/mol. The van der Waals surface area contributed by atoms with Crippen LogP contribution in [0, 0.1) is 13.8 Å². The monoisotopic (exact) mass is 305 g/mol. The molecule has 0 amide bonds. The Balaban J connectivity index is 2.45. The SMILES string of the molecule is CNS(=O)(=O)c1ccc(N)c(Nc2cc(C)ccc2C)c1. The van der Waals surface area contributed by atoms with Crippen molar-refractivity contribution in [3.8, 4) is 0 Å². The van der Waals surface area contributed by atoms with Crippen LogP contribution in [0.3, 0.4) is 0 Å². The number of benzene rings is 2. The van der Waals surface area contributed by atoms with E-state index < -0.39 is 10.0 Å². The number of nitrogen functional groups attached to an aromatic ring is 1. The van der Waals surface area contributed by atoms with E-state index in [4.69, 9.17) is 5.73 Å². The van der Waals surface area contributed by atoms with Gasteiger partial charge >= 0.3 is 0 Å². The Hall–Kier alpha value is -2.05. The van der Waals surface area contributed by atoms with Crippen LogP contribution < -0.4 is 15.8 Å². The standard InChI is InChI=1S/C15H19N3O2S/c1-10-4-5-11(2)14(8-10)18-15-9-12(6-7-13(15)16)21(19,20)17-3/h4-9,17-18H,16H2,1-3H3. The summed E-state index contributed by atoms with van der Waals surface area (Å²) >= 11 is 0. The van der Waals surface area contributed by atoms with Gasteiger partial charge in [-0.15, -0.1) is 0 Å². The predicted octanol–water partition coefficient (Wildman–Crippen LogP) is 2.54. The predicted molar refractivity (Wildman–Crippen MR) is 86.3 cm³/mol. The molecule has 112 valence electrons. The first-order chi connectivity index (χ1) is 9.83. The molecule has 0 heterocycles. The zero-order valence-corrected chi connectivity index (χ0v) is 13.1. The second kappa shape index (κ2) is 5.75. The molecule has 0 atom stereocenters. The van der Waals surface area contributed by atoms with Crippen molar-refractivity contribution >= 4 is 27.1 Å². The van der Waals surface area contributed by atoms with Gasteiger partial charge in [0.1, 0.15) is 0 Å². The van der Waals surface area contributed by atoms with Crippen LogP contribution in [0.5, 0.6) is 0 Å². The van der Waals surface area contributed by atoms with Crippen LogP contribution in [0.1, 0.15) is 11.1 Å². The van der Waals surface area contributed by atoms with E-state index in [2.05, 4.69) is 10.0 Å². The Morgan fingerprint density at radius 3 is 2.38 bits per heavy atom. The van der Waals surface area contributed by atoms with Gasteiger partial charge in [0.2, 0.25) is 10.0 Å². The molecule has 0 aliphatic carbocycles. The molecule has 0 radical (unpaired) electrons. The number of rotatable bonds is 4. The van der Waals surface area contributed by atoms with Crippen LogP contribution in [0.25, 0.3) is 0 Å². The topological polar surface area (TPSA) is 84.2 Å². The third-order valence-corrected chi connectivity index (χ3v) is 4.68. The Labute approximate surface area is 125 Å². The molecule has 21 heavy (non-hydrogen) atoms. The summed E-state index contributed by atoms with van der Waals surface area (Å²) in [6.07, 6.45) is 0. The molecule has 0 bridgehead atoms. The maximum atomic E-state index is 11.9. The number of anilines is 3. The summed E-state index contributed by atoms with van der Waals surface area (Å²) in [7, 11) is -2.12. The number of sulfonamides is 1. The molecule has 0 unspecified atom stereocenters. The van der Waals surface area contributed by atoms with E-state index in [9.17, 15) is 8.42 Å². The normalized spacial score (nSPS) is 11.4. The van der Waals surface area contributed by atoms with Crippen molar-refractivity contribution in [2.45, 2.75) is 18.7 Å². The molecule has 0 spiro atoms. The summed E-state index contributed by atoms with van der Waals surface area (Å²) in [5.74, 6) is 0. The summed E-state index contributed by atoms with van der Waals surface area (Å²) in [6.45, 7) is 3.97. The van der Waals surface area contributed by atoms with Crippen molar-refractivity contribution in [2.75, 3.05) is 18.1 Å². The molecule has 0 aliphatic rings. The van der Waals surface area contributed by atoms with E-state index in [-0.39, 0.29) is 4.90 Å². The van der Waals surface area contributed by atoms with Crippen LogP contribution in [-0.4, -0.2) is 15.5 Å². The fourth-order valence-electron chi connectivity index (χ4n) is 1.94. The molecule has 2 aromatic carbocycles. The first-order valence-electron chi connectivity index (χ1n) is 6.51. The van der Waals surface area contributed by atoms with E-state index >= 15 is 0 Å². The molecule has 0 saturated carbocycles. The van der Waals surface area contributed by atoms with E-state index in [0.29, 0.717) is 11.4 Å². The quantitative estimate of drug-likeness (QED) is 0.758. The third kappa shape index (κ3) is 3.34. The third-order valence-electron chi connectivity index (χ3n) is 3.27. The number of hydrogen-bond acceptors (Lipinski definition) is 4. The van der Waals surface area contributed by atoms with Gasteiger partial charge in [0.25, 0.3) is 0 Å². The van der Waals surface area contributed by atoms with E-state index in [1.54, 1.807) is 6.07 Å². The minimum absolute atomic E-state index is 0.173. The van der Waals surface area contributed by atoms with Crippen molar-refractivity contribution in [3.05, 3.63) is 47.5 Å². The lowest BCUT2D eigenvalue weighted by Crippen LogP contribution is -2.18.